The first-order valence-corrected chi connectivity index (χ1v) is 7.12. The number of nitrogens with two attached hydrogens (primary N) is 1. The molecule has 1 atom stereocenters. The van der Waals surface area contributed by atoms with Crippen LogP contribution in [0.1, 0.15) is 18.1 Å². The van der Waals surface area contributed by atoms with Crippen molar-refractivity contribution in [1.82, 2.24) is 0 Å². The molecule has 4 nitrogen and oxygen atoms in total. The summed E-state index contributed by atoms with van der Waals surface area (Å²) in [6.07, 6.45) is 1.12. The summed E-state index contributed by atoms with van der Waals surface area (Å²) in [6, 6.07) is 16.3. The van der Waals surface area contributed by atoms with Gasteiger partial charge in [0.25, 0.3) is 0 Å². The van der Waals surface area contributed by atoms with Gasteiger partial charge in [0.1, 0.15) is 0 Å². The number of anilines is 2. The minimum absolute atomic E-state index is 0.133. The highest BCUT2D eigenvalue weighted by Gasteiger charge is 2.22. The normalized spacial score (nSPS) is 18.4. The molecule has 1 unspecified atom stereocenters. The third-order valence-corrected chi connectivity index (χ3v) is 3.93. The molecule has 0 radical (unpaired) electrons. The zero-order valence-corrected chi connectivity index (χ0v) is 12.0. The molecular weight excluding hydrogens is 262 g/mol. The number of amidine groups is 1. The topological polar surface area (TPSA) is 61.8 Å². The van der Waals surface area contributed by atoms with Crippen molar-refractivity contribution in [1.29, 1.82) is 0 Å². The van der Waals surface area contributed by atoms with Gasteiger partial charge in [-0.3, -0.25) is 0 Å². The second-order valence-electron chi connectivity index (χ2n) is 5.58. The van der Waals surface area contributed by atoms with Gasteiger partial charge in [-0.05, 0) is 48.2 Å². The van der Waals surface area contributed by atoms with Crippen LogP contribution in [0.5, 0.6) is 0 Å². The van der Waals surface area contributed by atoms with E-state index in [0.717, 1.165) is 24.2 Å². The Morgan fingerprint density at radius 2 is 1.90 bits per heavy atom. The van der Waals surface area contributed by atoms with E-state index in [1.807, 2.05) is 24.3 Å². The maximum Gasteiger partial charge on any atom is 0.170 e. The Balaban J connectivity index is 1.97. The lowest BCUT2D eigenvalue weighted by atomic mass is 9.93. The fourth-order valence-electron chi connectivity index (χ4n) is 2.91. The van der Waals surface area contributed by atoms with Crippen molar-refractivity contribution in [3.63, 3.8) is 0 Å². The van der Waals surface area contributed by atoms with Crippen LogP contribution >= 0.6 is 0 Å². The molecule has 4 heteroatoms. The lowest BCUT2D eigenvalue weighted by Gasteiger charge is -2.35. The van der Waals surface area contributed by atoms with Gasteiger partial charge in [-0.25, -0.2) is 0 Å². The summed E-state index contributed by atoms with van der Waals surface area (Å²) in [5, 5.41) is 11.8. The van der Waals surface area contributed by atoms with Crippen LogP contribution in [0.25, 0.3) is 0 Å². The zero-order chi connectivity index (χ0) is 14.8. The van der Waals surface area contributed by atoms with Crippen LogP contribution in [0.15, 0.2) is 53.7 Å². The van der Waals surface area contributed by atoms with Gasteiger partial charge in [-0.1, -0.05) is 30.3 Å². The number of fused-ring (bicyclic) bond motifs is 1. The Morgan fingerprint density at radius 3 is 2.62 bits per heavy atom. The van der Waals surface area contributed by atoms with Crippen molar-refractivity contribution in [3.8, 4) is 0 Å². The molecule has 0 fully saturated rings. The Hall–Kier alpha value is -2.49. The predicted octanol–water partition coefficient (Wildman–Crippen LogP) is 3.11. The lowest BCUT2D eigenvalue weighted by Crippen LogP contribution is -2.30. The van der Waals surface area contributed by atoms with Crippen molar-refractivity contribution < 1.29 is 5.21 Å². The third kappa shape index (κ3) is 2.57. The highest BCUT2D eigenvalue weighted by Crippen LogP contribution is 2.35. The van der Waals surface area contributed by atoms with Crippen LogP contribution in [0, 0.1) is 5.92 Å². The summed E-state index contributed by atoms with van der Waals surface area (Å²) < 4.78 is 0. The van der Waals surface area contributed by atoms with Gasteiger partial charge >= 0.3 is 0 Å². The molecule has 0 spiro atoms. The van der Waals surface area contributed by atoms with Gasteiger partial charge in [-0.2, -0.15) is 0 Å². The van der Waals surface area contributed by atoms with Gasteiger partial charge in [-0.15, -0.1) is 0 Å². The van der Waals surface area contributed by atoms with E-state index < -0.39 is 0 Å². The zero-order valence-electron chi connectivity index (χ0n) is 12.0. The van der Waals surface area contributed by atoms with E-state index >= 15 is 0 Å². The molecule has 108 valence electrons. The van der Waals surface area contributed by atoms with E-state index in [0.29, 0.717) is 5.92 Å². The van der Waals surface area contributed by atoms with E-state index in [-0.39, 0.29) is 5.84 Å². The van der Waals surface area contributed by atoms with Gasteiger partial charge in [0, 0.05) is 23.5 Å². The molecule has 1 aliphatic heterocycles. The summed E-state index contributed by atoms with van der Waals surface area (Å²) in [4.78, 5) is 2.33. The molecule has 0 saturated heterocycles. The second-order valence-corrected chi connectivity index (χ2v) is 5.58. The van der Waals surface area contributed by atoms with E-state index in [1.54, 1.807) is 0 Å². The standard InChI is InChI=1S/C17H19N3O/c1-12-10-14-4-2-3-5-16(14)20(11-12)15-8-6-13(7-9-15)17(18)19-21/h2-9,12,21H,10-11H2,1H3,(H2,18,19). The lowest BCUT2D eigenvalue weighted by molar-refractivity contribution is 0.318. The number of nitrogens with zero attached hydrogens (tertiary/aromatic N) is 2. The summed E-state index contributed by atoms with van der Waals surface area (Å²) in [6.45, 7) is 3.27. The van der Waals surface area contributed by atoms with Crippen LogP contribution in [0.3, 0.4) is 0 Å². The van der Waals surface area contributed by atoms with Crippen LogP contribution in [0.2, 0.25) is 0 Å². The van der Waals surface area contributed by atoms with E-state index in [4.69, 9.17) is 10.9 Å². The van der Waals surface area contributed by atoms with Gasteiger partial charge in [0.05, 0.1) is 0 Å². The first-order valence-electron chi connectivity index (χ1n) is 7.12. The van der Waals surface area contributed by atoms with Crippen LogP contribution in [-0.4, -0.2) is 17.6 Å². The monoisotopic (exact) mass is 281 g/mol. The van der Waals surface area contributed by atoms with Crippen LogP contribution in [0.4, 0.5) is 11.4 Å². The maximum absolute atomic E-state index is 8.72. The Bertz CT molecular complexity index is 664. The van der Waals surface area contributed by atoms with E-state index in [1.165, 1.54) is 11.3 Å². The minimum atomic E-state index is 0.133. The summed E-state index contributed by atoms with van der Waals surface area (Å²) in [7, 11) is 0. The number of para-hydroxylation sites is 1. The summed E-state index contributed by atoms with van der Waals surface area (Å²) >= 11 is 0. The smallest absolute Gasteiger partial charge is 0.170 e. The Kier molecular flexibility index (Phi) is 3.52. The fourth-order valence-corrected chi connectivity index (χ4v) is 2.91. The molecule has 3 N–H and O–H groups in total. The number of oxime groups is 1. The molecule has 2 aromatic carbocycles. The van der Waals surface area contributed by atoms with E-state index in [2.05, 4.69) is 41.2 Å². The fraction of sp³-hybridized carbons (Fsp3) is 0.235. The third-order valence-electron chi connectivity index (χ3n) is 3.93. The van der Waals surface area contributed by atoms with Crippen molar-refractivity contribution in [2.45, 2.75) is 13.3 Å². The SMILES string of the molecule is CC1Cc2ccccc2N(c2ccc(C(N)=NO)cc2)C1. The van der Waals surface area contributed by atoms with Gasteiger partial charge in [0.2, 0.25) is 0 Å². The minimum Gasteiger partial charge on any atom is -0.409 e. The van der Waals surface area contributed by atoms with Crippen LogP contribution < -0.4 is 10.6 Å². The highest BCUT2D eigenvalue weighted by molar-refractivity contribution is 5.97. The van der Waals surface area contributed by atoms with E-state index in [9.17, 15) is 0 Å². The molecule has 0 aliphatic carbocycles. The molecule has 2 aromatic rings. The van der Waals surface area contributed by atoms with Gasteiger partial charge < -0.3 is 15.8 Å². The number of hydrogen-bond acceptors (Lipinski definition) is 3. The highest BCUT2D eigenvalue weighted by atomic mass is 16.4. The largest absolute Gasteiger partial charge is 0.409 e. The number of hydrogen-bond donors (Lipinski definition) is 2. The number of rotatable bonds is 2. The molecule has 0 bridgehead atoms. The first-order chi connectivity index (χ1) is 10.2. The van der Waals surface area contributed by atoms with Crippen LogP contribution in [-0.2, 0) is 6.42 Å². The van der Waals surface area contributed by atoms with Crippen molar-refractivity contribution in [2.75, 3.05) is 11.4 Å². The average molecular weight is 281 g/mol. The quantitative estimate of drug-likeness (QED) is 0.385. The summed E-state index contributed by atoms with van der Waals surface area (Å²) in [5.74, 6) is 0.748. The van der Waals surface area contributed by atoms with Gasteiger partial charge in [0.15, 0.2) is 5.84 Å². The molecule has 1 heterocycles. The van der Waals surface area contributed by atoms with Crippen molar-refractivity contribution in [3.05, 3.63) is 59.7 Å². The van der Waals surface area contributed by atoms with Crippen molar-refractivity contribution >= 4 is 17.2 Å². The second kappa shape index (κ2) is 5.48. The first kappa shape index (κ1) is 13.5. The van der Waals surface area contributed by atoms with Crippen molar-refractivity contribution in [2.24, 2.45) is 16.8 Å². The molecule has 0 saturated carbocycles. The Labute approximate surface area is 124 Å². The molecule has 21 heavy (non-hydrogen) atoms. The Morgan fingerprint density at radius 1 is 1.19 bits per heavy atom. The molecule has 3 rings (SSSR count). The molecule has 0 aromatic heterocycles. The maximum atomic E-state index is 8.72. The summed E-state index contributed by atoms with van der Waals surface area (Å²) in [5.41, 5.74) is 10.1. The molecule has 0 amide bonds. The predicted molar refractivity (Wildman–Crippen MR) is 85.3 cm³/mol. The number of benzene rings is 2. The molecular formula is C17H19N3O. The average Bonchev–Trinajstić information content (AvgIpc) is 2.53. The molecule has 1 aliphatic rings.